The predicted molar refractivity (Wildman–Crippen MR) is 204 cm³/mol. The highest BCUT2D eigenvalue weighted by Gasteiger charge is 2.43. The van der Waals surface area contributed by atoms with E-state index in [1.165, 1.54) is 12.2 Å². The minimum absolute atomic E-state index is 0.0231. The van der Waals surface area contributed by atoms with Gasteiger partial charge in [-0.1, -0.05) is 30.3 Å². The van der Waals surface area contributed by atoms with Gasteiger partial charge in [-0.05, 0) is 48.9 Å². The summed E-state index contributed by atoms with van der Waals surface area (Å²) >= 11 is 0. The molecule has 2 fully saturated rings. The third kappa shape index (κ3) is 11.1. The quantitative estimate of drug-likeness (QED) is 0.104. The number of hydrogen-bond acceptors (Lipinski definition) is 10. The number of nitrogens with zero attached hydrogens (tertiary/aromatic N) is 3. The molecule has 0 spiro atoms. The monoisotopic (exact) mass is 810 g/mol. The lowest BCUT2D eigenvalue weighted by Crippen LogP contribution is -2.45. The average Bonchev–Trinajstić information content (AvgIpc) is 3.93. The molecule has 0 aliphatic carbocycles. The zero-order valence-electron chi connectivity index (χ0n) is 32.0. The van der Waals surface area contributed by atoms with E-state index in [1.807, 2.05) is 34.9 Å². The van der Waals surface area contributed by atoms with Crippen molar-refractivity contribution < 1.29 is 51.7 Å². The van der Waals surface area contributed by atoms with Crippen molar-refractivity contribution in [2.45, 2.75) is 44.0 Å². The second-order valence-electron chi connectivity index (χ2n) is 14.6. The topological polar surface area (TPSA) is 173 Å². The minimum Gasteiger partial charge on any atom is -0.442 e. The van der Waals surface area contributed by atoms with E-state index in [9.17, 15) is 28.7 Å². The minimum atomic E-state index is -1.21. The maximum atomic E-state index is 15.3. The van der Waals surface area contributed by atoms with E-state index >= 15 is 8.78 Å². The molecule has 4 amide bonds. The van der Waals surface area contributed by atoms with Gasteiger partial charge in [-0.15, -0.1) is 0 Å². The predicted octanol–water partition coefficient (Wildman–Crippen LogP) is 3.10. The summed E-state index contributed by atoms with van der Waals surface area (Å²) in [4.78, 5) is 56.4. The van der Waals surface area contributed by atoms with Gasteiger partial charge in [0.1, 0.15) is 29.7 Å². The van der Waals surface area contributed by atoms with Crippen LogP contribution in [0.5, 0.6) is 0 Å². The summed E-state index contributed by atoms with van der Waals surface area (Å²) in [6, 6.07) is 12.7. The molecule has 4 N–H and O–H groups in total. The summed E-state index contributed by atoms with van der Waals surface area (Å²) in [7, 11) is 0. The number of alkyl halides is 1. The van der Waals surface area contributed by atoms with E-state index in [0.717, 1.165) is 28.7 Å². The van der Waals surface area contributed by atoms with Crippen molar-refractivity contribution in [2.24, 2.45) is 17.8 Å². The molecule has 0 bridgehead atoms. The molecule has 58 heavy (non-hydrogen) atoms. The first-order valence-corrected chi connectivity index (χ1v) is 19.5. The van der Waals surface area contributed by atoms with Gasteiger partial charge >= 0.3 is 6.09 Å². The summed E-state index contributed by atoms with van der Waals surface area (Å²) in [5, 5.41) is 18.5. The van der Waals surface area contributed by atoms with Crippen LogP contribution in [0, 0.1) is 29.4 Å². The highest BCUT2D eigenvalue weighted by molar-refractivity contribution is 6.12. The fraction of sp³-hybridized carbons (Fsp3) is 0.488. The molecule has 6 rings (SSSR count). The largest absolute Gasteiger partial charge is 0.442 e. The number of aromatic nitrogens is 2. The summed E-state index contributed by atoms with van der Waals surface area (Å²) in [6.45, 7) is 0.957. The van der Waals surface area contributed by atoms with Crippen molar-refractivity contribution in [2.75, 3.05) is 65.8 Å². The number of ether oxygens (including phenoxy) is 3. The number of carbonyl (C=O) groups excluding carboxylic acids is 4. The summed E-state index contributed by atoms with van der Waals surface area (Å²) in [6.07, 6.45) is 2.04. The first-order chi connectivity index (χ1) is 28.1. The van der Waals surface area contributed by atoms with Gasteiger partial charge in [0.05, 0.1) is 38.6 Å². The smallest absolute Gasteiger partial charge is 0.407 e. The highest BCUT2D eigenvalue weighted by atomic mass is 19.1. The van der Waals surface area contributed by atoms with Gasteiger partial charge in [-0.2, -0.15) is 0 Å². The fourth-order valence-corrected chi connectivity index (χ4v) is 7.71. The van der Waals surface area contributed by atoms with Gasteiger partial charge < -0.3 is 39.8 Å². The number of nitrogens with one attached hydrogen (secondary N) is 3. The number of imidazole rings is 1. The van der Waals surface area contributed by atoms with E-state index in [0.29, 0.717) is 45.0 Å². The Labute approximate surface area is 334 Å². The zero-order chi connectivity index (χ0) is 41.0. The molecule has 5 atom stereocenters. The molecule has 2 aromatic carbocycles. The molecule has 1 aromatic heterocycles. The number of alkyl carbamates (subject to hydrolysis) is 1. The lowest BCUT2D eigenvalue weighted by atomic mass is 9.73. The second-order valence-corrected chi connectivity index (χ2v) is 14.6. The van der Waals surface area contributed by atoms with Crippen LogP contribution in [-0.2, 0) is 35.1 Å². The van der Waals surface area contributed by atoms with Crippen molar-refractivity contribution in [1.29, 1.82) is 0 Å². The molecular weight excluding hydrogens is 761 g/mol. The Morgan fingerprint density at radius 1 is 1.02 bits per heavy atom. The lowest BCUT2D eigenvalue weighted by molar-refractivity contribution is -0.137. The van der Waals surface area contributed by atoms with E-state index < -0.39 is 72.1 Å². The van der Waals surface area contributed by atoms with Crippen molar-refractivity contribution in [3.05, 3.63) is 89.9 Å². The van der Waals surface area contributed by atoms with Gasteiger partial charge in [0.2, 0.25) is 5.91 Å². The van der Waals surface area contributed by atoms with Crippen LogP contribution in [0.2, 0.25) is 0 Å². The Morgan fingerprint density at radius 2 is 1.78 bits per heavy atom. The van der Waals surface area contributed by atoms with Gasteiger partial charge in [0.15, 0.2) is 0 Å². The molecule has 0 radical (unpaired) electrons. The Balaban J connectivity index is 1.20. The van der Waals surface area contributed by atoms with E-state index in [2.05, 4.69) is 16.0 Å². The molecule has 3 aromatic rings. The van der Waals surface area contributed by atoms with Crippen molar-refractivity contribution >= 4 is 23.8 Å². The molecule has 17 heteroatoms. The van der Waals surface area contributed by atoms with Gasteiger partial charge in [0.25, 0.3) is 11.8 Å². The molecule has 4 heterocycles. The molecule has 14 nitrogen and oxygen atoms in total. The first kappa shape index (κ1) is 42.5. The Hall–Kier alpha value is -5.10. The fourth-order valence-electron chi connectivity index (χ4n) is 7.71. The number of hydrogen-bond donors (Lipinski definition) is 4. The maximum Gasteiger partial charge on any atom is 0.407 e. The van der Waals surface area contributed by atoms with E-state index in [1.54, 1.807) is 6.20 Å². The van der Waals surface area contributed by atoms with Crippen LogP contribution >= 0.6 is 0 Å². The van der Waals surface area contributed by atoms with Crippen molar-refractivity contribution in [3.63, 3.8) is 0 Å². The zero-order valence-corrected chi connectivity index (χ0v) is 32.0. The van der Waals surface area contributed by atoms with Crippen LogP contribution in [0.3, 0.4) is 0 Å². The number of amides is 4. The third-order valence-electron chi connectivity index (χ3n) is 10.7. The number of benzene rings is 2. The van der Waals surface area contributed by atoms with Crippen LogP contribution in [0.4, 0.5) is 18.0 Å². The molecule has 2 saturated heterocycles. The number of aliphatic hydroxyl groups is 1. The van der Waals surface area contributed by atoms with Gasteiger partial charge in [0, 0.05) is 81.1 Å². The lowest BCUT2D eigenvalue weighted by Gasteiger charge is -2.36. The Bertz CT molecular complexity index is 1890. The Morgan fingerprint density at radius 3 is 2.48 bits per heavy atom. The first-order valence-electron chi connectivity index (χ1n) is 19.5. The van der Waals surface area contributed by atoms with Gasteiger partial charge in [-0.3, -0.25) is 19.3 Å². The van der Waals surface area contributed by atoms with Crippen LogP contribution in [0.15, 0.2) is 66.9 Å². The summed E-state index contributed by atoms with van der Waals surface area (Å²) < 4.78 is 63.4. The van der Waals surface area contributed by atoms with Crippen molar-refractivity contribution in [3.8, 4) is 11.3 Å². The second kappa shape index (κ2) is 20.5. The molecule has 312 valence electrons. The molecule has 3 aliphatic heterocycles. The van der Waals surface area contributed by atoms with E-state index in [4.69, 9.17) is 19.2 Å². The SMILES string of the molecule is O=C(NCCOCCN1C(=O)C=CC1=O)O[C@@H](CO)CNC(=O)C(C[C@@H]1CNC[C@@H]1F)C(c1nc(-c2cc(F)ccc2F)cn1Cc1ccccc1)C1CCOCC1. The van der Waals surface area contributed by atoms with Crippen LogP contribution < -0.4 is 16.0 Å². The normalized spacial score (nSPS) is 20.0. The van der Waals surface area contributed by atoms with Gasteiger partial charge in [-0.25, -0.2) is 22.9 Å². The summed E-state index contributed by atoms with van der Waals surface area (Å²) in [5.74, 6) is -4.33. The van der Waals surface area contributed by atoms with Crippen LogP contribution in [0.25, 0.3) is 11.3 Å². The number of halogens is 3. The maximum absolute atomic E-state index is 15.3. The molecule has 2 unspecified atom stereocenters. The number of imide groups is 1. The van der Waals surface area contributed by atoms with Crippen LogP contribution in [0.1, 0.15) is 36.6 Å². The number of aliphatic hydroxyl groups excluding tert-OH is 1. The number of rotatable bonds is 19. The summed E-state index contributed by atoms with van der Waals surface area (Å²) in [5.41, 5.74) is 1.05. The molecular formula is C41H49F3N6O8. The molecule has 3 aliphatic rings. The van der Waals surface area contributed by atoms with E-state index in [-0.39, 0.29) is 63.0 Å². The standard InChI is InChI=1S/C41H49F3N6O8/c42-29-6-7-33(43)31(19-29)35-24-49(23-26-4-2-1-3-5-26)39(48-35)38(27-10-14-56-15-11-27)32(18-28-20-45-22-34(28)44)40(54)47-21-30(25-51)58-41(55)46-12-16-57-17-13-50-36(52)8-9-37(50)53/h1-9,19,24,27-28,30,32,34,38,45,51H,10-18,20-23,25H2,(H,46,55)(H,47,54)/t28-,30-,32?,34+,38?/m1/s1. The van der Waals surface area contributed by atoms with Crippen molar-refractivity contribution in [1.82, 2.24) is 30.4 Å². The number of carbonyl (C=O) groups is 4. The average molecular weight is 811 g/mol. The highest BCUT2D eigenvalue weighted by Crippen LogP contribution is 2.42. The third-order valence-corrected chi connectivity index (χ3v) is 10.7. The van der Waals surface area contributed by atoms with Crippen LogP contribution in [-0.4, -0.2) is 121 Å². The molecule has 0 saturated carbocycles. The Kier molecular flexibility index (Phi) is 15.1.